The van der Waals surface area contributed by atoms with Crippen LogP contribution < -0.4 is 0 Å². The van der Waals surface area contributed by atoms with Crippen LogP contribution >= 0.6 is 91.2 Å². The number of aliphatic hydroxyl groups is 2. The van der Waals surface area contributed by atoms with Crippen molar-refractivity contribution in [3.8, 4) is 0 Å². The first-order valence-corrected chi connectivity index (χ1v) is 7.41. The van der Waals surface area contributed by atoms with E-state index < -0.39 is 18.5 Å². The van der Waals surface area contributed by atoms with Crippen molar-refractivity contribution >= 4 is 91.2 Å². The molecule has 2 atom stereocenters. The van der Waals surface area contributed by atoms with Gasteiger partial charge in [-0.3, -0.25) is 0 Å². The smallest absolute Gasteiger partial charge is 0.226 e. The standard InChI is InChI=1S/C4H4Cl6O2S2/c5-3(6,7)1(11)13-14-2(12)4(8,9)10/h1-2,11-12H. The summed E-state index contributed by atoms with van der Waals surface area (Å²) in [5.74, 6) is 0. The van der Waals surface area contributed by atoms with Crippen LogP contribution in [0.4, 0.5) is 0 Å². The summed E-state index contributed by atoms with van der Waals surface area (Å²) in [4.78, 5) is 0. The van der Waals surface area contributed by atoms with Gasteiger partial charge in [0.05, 0.1) is 0 Å². The normalized spacial score (nSPS) is 18.0. The largest absolute Gasteiger partial charge is 0.377 e. The lowest BCUT2D eigenvalue weighted by atomic mass is 10.8. The number of rotatable bonds is 3. The topological polar surface area (TPSA) is 40.5 Å². The van der Waals surface area contributed by atoms with Crippen LogP contribution in [0.1, 0.15) is 0 Å². The van der Waals surface area contributed by atoms with E-state index >= 15 is 0 Å². The fourth-order valence-corrected chi connectivity index (χ4v) is 3.89. The highest BCUT2D eigenvalue weighted by atomic mass is 35.6. The molecular formula is C4H4Cl6O2S2. The highest BCUT2D eigenvalue weighted by Crippen LogP contribution is 2.46. The van der Waals surface area contributed by atoms with Crippen LogP contribution in [-0.4, -0.2) is 28.7 Å². The molecule has 0 radical (unpaired) electrons. The number of hydrogen-bond acceptors (Lipinski definition) is 4. The minimum absolute atomic E-state index is 0.691. The Labute approximate surface area is 119 Å². The molecule has 2 unspecified atom stereocenters. The summed E-state index contributed by atoms with van der Waals surface area (Å²) in [6, 6.07) is 0. The molecule has 0 saturated heterocycles. The van der Waals surface area contributed by atoms with E-state index in [1.165, 1.54) is 0 Å². The van der Waals surface area contributed by atoms with E-state index in [0.717, 1.165) is 0 Å². The van der Waals surface area contributed by atoms with Crippen LogP contribution in [0, 0.1) is 0 Å². The van der Waals surface area contributed by atoms with E-state index in [9.17, 15) is 10.2 Å². The Morgan fingerprint density at radius 1 is 0.714 bits per heavy atom. The first kappa shape index (κ1) is 16.4. The van der Waals surface area contributed by atoms with Gasteiger partial charge in [0.15, 0.2) is 10.9 Å². The summed E-state index contributed by atoms with van der Waals surface area (Å²) < 4.78 is -3.71. The molecular weight excluding hydrogens is 357 g/mol. The summed E-state index contributed by atoms with van der Waals surface area (Å²) in [5.41, 5.74) is -2.67. The molecule has 0 aliphatic heterocycles. The van der Waals surface area contributed by atoms with Gasteiger partial charge in [0, 0.05) is 0 Å². The Morgan fingerprint density at radius 3 is 1.07 bits per heavy atom. The zero-order valence-electron chi connectivity index (χ0n) is 6.13. The van der Waals surface area contributed by atoms with Crippen molar-refractivity contribution in [1.29, 1.82) is 0 Å². The van der Waals surface area contributed by atoms with Gasteiger partial charge in [-0.05, 0) is 0 Å². The van der Waals surface area contributed by atoms with Gasteiger partial charge < -0.3 is 10.2 Å². The zero-order valence-corrected chi connectivity index (χ0v) is 12.3. The van der Waals surface area contributed by atoms with Gasteiger partial charge in [-0.1, -0.05) is 91.2 Å². The van der Waals surface area contributed by atoms with Gasteiger partial charge >= 0.3 is 0 Å². The minimum Gasteiger partial charge on any atom is -0.377 e. The van der Waals surface area contributed by atoms with Crippen molar-refractivity contribution in [3.63, 3.8) is 0 Å². The summed E-state index contributed by atoms with van der Waals surface area (Å²) >= 11 is 32.1. The van der Waals surface area contributed by atoms with Crippen LogP contribution in [0.5, 0.6) is 0 Å². The molecule has 0 aromatic heterocycles. The lowest BCUT2D eigenvalue weighted by molar-refractivity contribution is 0.265. The molecule has 0 aromatic rings. The van der Waals surface area contributed by atoms with Crippen molar-refractivity contribution in [3.05, 3.63) is 0 Å². The zero-order chi connectivity index (χ0) is 11.6. The minimum atomic E-state index is -1.86. The summed E-state index contributed by atoms with van der Waals surface area (Å²) in [6.07, 6.45) is 0. The van der Waals surface area contributed by atoms with Crippen LogP contribution in [0.15, 0.2) is 0 Å². The van der Waals surface area contributed by atoms with E-state index in [4.69, 9.17) is 69.6 Å². The molecule has 0 aromatic carbocycles. The summed E-state index contributed by atoms with van der Waals surface area (Å²) in [7, 11) is 1.38. The average molecular weight is 361 g/mol. The summed E-state index contributed by atoms with van der Waals surface area (Å²) in [5, 5.41) is 18.4. The Kier molecular flexibility index (Phi) is 7.40. The second kappa shape index (κ2) is 6.34. The van der Waals surface area contributed by atoms with Crippen molar-refractivity contribution in [2.45, 2.75) is 18.5 Å². The Balaban J connectivity index is 3.96. The molecule has 0 bridgehead atoms. The van der Waals surface area contributed by atoms with Gasteiger partial charge in [-0.25, -0.2) is 0 Å². The molecule has 0 saturated carbocycles. The quantitative estimate of drug-likeness (QED) is 0.457. The predicted octanol–water partition coefficient (Wildman–Crippen LogP) is 3.74. The number of alkyl halides is 6. The molecule has 14 heavy (non-hydrogen) atoms. The molecule has 0 fully saturated rings. The third-order valence-electron chi connectivity index (χ3n) is 0.798. The number of aliphatic hydroxyl groups excluding tert-OH is 2. The third kappa shape index (κ3) is 6.84. The molecule has 10 heteroatoms. The van der Waals surface area contributed by atoms with Gasteiger partial charge in [-0.2, -0.15) is 0 Å². The van der Waals surface area contributed by atoms with Gasteiger partial charge in [-0.15, -0.1) is 0 Å². The molecule has 86 valence electrons. The van der Waals surface area contributed by atoms with E-state index in [1.54, 1.807) is 0 Å². The maximum Gasteiger partial charge on any atom is 0.226 e. The maximum absolute atomic E-state index is 9.21. The highest BCUT2D eigenvalue weighted by Gasteiger charge is 2.36. The Bertz CT molecular complexity index is 160. The molecule has 2 nitrogen and oxygen atoms in total. The van der Waals surface area contributed by atoms with E-state index in [-0.39, 0.29) is 0 Å². The van der Waals surface area contributed by atoms with Crippen LogP contribution in [0.3, 0.4) is 0 Å². The van der Waals surface area contributed by atoms with Crippen molar-refractivity contribution in [1.82, 2.24) is 0 Å². The van der Waals surface area contributed by atoms with Gasteiger partial charge in [0.25, 0.3) is 0 Å². The molecule has 0 aliphatic carbocycles. The molecule has 2 N–H and O–H groups in total. The lowest BCUT2D eigenvalue weighted by Crippen LogP contribution is -2.24. The Hall–Kier alpha value is 2.36. The highest BCUT2D eigenvalue weighted by molar-refractivity contribution is 8.77. The van der Waals surface area contributed by atoms with Crippen molar-refractivity contribution < 1.29 is 10.2 Å². The van der Waals surface area contributed by atoms with E-state index in [1.807, 2.05) is 0 Å². The lowest BCUT2D eigenvalue weighted by Gasteiger charge is -2.21. The predicted molar refractivity (Wildman–Crippen MR) is 67.8 cm³/mol. The fraction of sp³-hybridized carbons (Fsp3) is 1.00. The van der Waals surface area contributed by atoms with E-state index in [0.29, 0.717) is 21.6 Å². The van der Waals surface area contributed by atoms with Gasteiger partial charge in [0.1, 0.15) is 0 Å². The monoisotopic (exact) mass is 358 g/mol. The molecule has 0 spiro atoms. The second-order valence-corrected chi connectivity index (χ2v) is 9.15. The van der Waals surface area contributed by atoms with Gasteiger partial charge in [0.2, 0.25) is 7.59 Å². The first-order valence-electron chi connectivity index (χ1n) is 2.87. The first-order chi connectivity index (χ1) is 6.05. The van der Waals surface area contributed by atoms with E-state index in [2.05, 4.69) is 0 Å². The number of hydrogen-bond donors (Lipinski definition) is 2. The molecule has 0 rings (SSSR count). The van der Waals surface area contributed by atoms with Crippen LogP contribution in [0.25, 0.3) is 0 Å². The molecule has 0 amide bonds. The number of halogens is 6. The van der Waals surface area contributed by atoms with Crippen molar-refractivity contribution in [2.24, 2.45) is 0 Å². The maximum atomic E-state index is 9.21. The molecule has 0 aliphatic rings. The SMILES string of the molecule is OC(SSC(O)C(Cl)(Cl)Cl)C(Cl)(Cl)Cl. The average Bonchev–Trinajstić information content (AvgIpc) is 1.95. The van der Waals surface area contributed by atoms with Crippen LogP contribution in [0.2, 0.25) is 0 Å². The fourth-order valence-electron chi connectivity index (χ4n) is 0.214. The second-order valence-electron chi connectivity index (χ2n) is 1.98. The molecule has 0 heterocycles. The van der Waals surface area contributed by atoms with Crippen LogP contribution in [-0.2, 0) is 0 Å². The summed E-state index contributed by atoms with van der Waals surface area (Å²) in [6.45, 7) is 0. The third-order valence-corrected chi connectivity index (χ3v) is 5.42. The Morgan fingerprint density at radius 2 is 0.929 bits per heavy atom. The van der Waals surface area contributed by atoms with Crippen molar-refractivity contribution in [2.75, 3.05) is 0 Å².